The van der Waals surface area contributed by atoms with Gasteiger partial charge in [0.05, 0.1) is 5.69 Å². The SMILES string of the molecule is CNCc1cc(COc2cccc(Cl)c2)on1. The summed E-state index contributed by atoms with van der Waals surface area (Å²) in [6.45, 7) is 1.03. The molecule has 1 heterocycles. The second-order valence-electron chi connectivity index (χ2n) is 3.56. The van der Waals surface area contributed by atoms with Crippen molar-refractivity contribution in [2.45, 2.75) is 13.2 Å². The van der Waals surface area contributed by atoms with E-state index < -0.39 is 0 Å². The van der Waals surface area contributed by atoms with Gasteiger partial charge in [-0.2, -0.15) is 0 Å². The summed E-state index contributed by atoms with van der Waals surface area (Å²) in [4.78, 5) is 0. The molecule has 0 aliphatic rings. The van der Waals surface area contributed by atoms with Crippen LogP contribution in [0.1, 0.15) is 11.5 Å². The highest BCUT2D eigenvalue weighted by Crippen LogP contribution is 2.18. The van der Waals surface area contributed by atoms with E-state index in [1.807, 2.05) is 25.2 Å². The number of nitrogens with one attached hydrogen (secondary N) is 1. The summed E-state index contributed by atoms with van der Waals surface area (Å²) in [7, 11) is 1.86. The van der Waals surface area contributed by atoms with Gasteiger partial charge in [-0.25, -0.2) is 0 Å². The van der Waals surface area contributed by atoms with Crippen LogP contribution >= 0.6 is 11.6 Å². The Morgan fingerprint density at radius 2 is 2.29 bits per heavy atom. The second-order valence-corrected chi connectivity index (χ2v) is 4.00. The van der Waals surface area contributed by atoms with Gasteiger partial charge in [0.1, 0.15) is 12.4 Å². The molecule has 17 heavy (non-hydrogen) atoms. The highest BCUT2D eigenvalue weighted by molar-refractivity contribution is 6.30. The van der Waals surface area contributed by atoms with Gasteiger partial charge in [-0.1, -0.05) is 22.8 Å². The molecule has 0 unspecified atom stereocenters. The van der Waals surface area contributed by atoms with Gasteiger partial charge >= 0.3 is 0 Å². The Kier molecular flexibility index (Phi) is 4.01. The zero-order valence-electron chi connectivity index (χ0n) is 9.44. The molecule has 1 N–H and O–H groups in total. The van der Waals surface area contributed by atoms with Gasteiger partial charge in [0.15, 0.2) is 5.76 Å². The standard InChI is InChI=1S/C12H13ClN2O2/c1-14-7-10-6-12(17-15-10)8-16-11-4-2-3-9(13)5-11/h2-6,14H,7-8H2,1H3. The fraction of sp³-hybridized carbons (Fsp3) is 0.250. The van der Waals surface area contributed by atoms with E-state index in [9.17, 15) is 0 Å². The lowest BCUT2D eigenvalue weighted by molar-refractivity contribution is 0.248. The first-order chi connectivity index (χ1) is 8.28. The van der Waals surface area contributed by atoms with E-state index in [2.05, 4.69) is 10.5 Å². The summed E-state index contributed by atoms with van der Waals surface area (Å²) in [5.41, 5.74) is 0.859. The van der Waals surface area contributed by atoms with Crippen LogP contribution in [0.4, 0.5) is 0 Å². The molecule has 0 radical (unpaired) electrons. The normalized spacial score (nSPS) is 10.5. The number of hydrogen-bond acceptors (Lipinski definition) is 4. The minimum absolute atomic E-state index is 0.344. The van der Waals surface area contributed by atoms with E-state index >= 15 is 0 Å². The van der Waals surface area contributed by atoms with E-state index in [1.54, 1.807) is 12.1 Å². The first-order valence-electron chi connectivity index (χ1n) is 5.25. The predicted octanol–water partition coefficient (Wildman–Crippen LogP) is 2.63. The number of ether oxygens (including phenoxy) is 1. The van der Waals surface area contributed by atoms with Crippen LogP contribution < -0.4 is 10.1 Å². The van der Waals surface area contributed by atoms with Crippen molar-refractivity contribution in [1.82, 2.24) is 10.5 Å². The fourth-order valence-corrected chi connectivity index (χ4v) is 1.58. The Hall–Kier alpha value is -1.52. The topological polar surface area (TPSA) is 47.3 Å². The molecule has 0 amide bonds. The van der Waals surface area contributed by atoms with Crippen molar-refractivity contribution >= 4 is 11.6 Å². The zero-order valence-corrected chi connectivity index (χ0v) is 10.2. The summed E-state index contributed by atoms with van der Waals surface area (Å²) < 4.78 is 10.6. The molecule has 0 fully saturated rings. The van der Waals surface area contributed by atoms with Crippen LogP contribution in [0.2, 0.25) is 5.02 Å². The summed E-state index contributed by atoms with van der Waals surface area (Å²) in [5, 5.41) is 7.54. The van der Waals surface area contributed by atoms with Crippen molar-refractivity contribution < 1.29 is 9.26 Å². The van der Waals surface area contributed by atoms with Gasteiger partial charge in [-0.3, -0.25) is 0 Å². The van der Waals surface area contributed by atoms with Crippen molar-refractivity contribution in [1.29, 1.82) is 0 Å². The monoisotopic (exact) mass is 252 g/mol. The molecule has 2 aromatic rings. The van der Waals surface area contributed by atoms with Crippen molar-refractivity contribution in [3.63, 3.8) is 0 Å². The molecule has 0 bridgehead atoms. The van der Waals surface area contributed by atoms with Crippen LogP contribution in [-0.4, -0.2) is 12.2 Å². The lowest BCUT2D eigenvalue weighted by Crippen LogP contribution is -2.04. The van der Waals surface area contributed by atoms with Crippen LogP contribution in [0.3, 0.4) is 0 Å². The fourth-order valence-electron chi connectivity index (χ4n) is 1.40. The number of nitrogens with zero attached hydrogens (tertiary/aromatic N) is 1. The van der Waals surface area contributed by atoms with Crippen molar-refractivity contribution in [2.75, 3.05) is 7.05 Å². The molecular formula is C12H13ClN2O2. The lowest BCUT2D eigenvalue weighted by Gasteiger charge is -2.03. The summed E-state index contributed by atoms with van der Waals surface area (Å²) in [6.07, 6.45) is 0. The molecule has 5 heteroatoms. The highest BCUT2D eigenvalue weighted by Gasteiger charge is 2.04. The molecule has 0 saturated heterocycles. The third-order valence-corrected chi connectivity index (χ3v) is 2.38. The summed E-state index contributed by atoms with van der Waals surface area (Å²) in [5.74, 6) is 1.40. The second kappa shape index (κ2) is 5.70. The lowest BCUT2D eigenvalue weighted by atomic mass is 10.3. The van der Waals surface area contributed by atoms with Gasteiger partial charge in [0.25, 0.3) is 0 Å². The number of benzene rings is 1. The maximum Gasteiger partial charge on any atom is 0.174 e. The average molecular weight is 253 g/mol. The molecular weight excluding hydrogens is 240 g/mol. The maximum absolute atomic E-state index is 5.85. The number of rotatable bonds is 5. The minimum atomic E-state index is 0.344. The van der Waals surface area contributed by atoms with Crippen LogP contribution in [0.15, 0.2) is 34.9 Å². The molecule has 0 aliphatic carbocycles. The number of aromatic nitrogens is 1. The molecule has 4 nitrogen and oxygen atoms in total. The Labute approximate surface area is 105 Å². The first kappa shape index (κ1) is 12.0. The van der Waals surface area contributed by atoms with Crippen molar-refractivity contribution in [2.24, 2.45) is 0 Å². The molecule has 0 aliphatic heterocycles. The van der Waals surface area contributed by atoms with E-state index in [4.69, 9.17) is 20.9 Å². The third-order valence-electron chi connectivity index (χ3n) is 2.14. The molecule has 1 aromatic carbocycles. The molecule has 2 rings (SSSR count). The van der Waals surface area contributed by atoms with Crippen LogP contribution in [0.5, 0.6) is 5.75 Å². The Bertz CT molecular complexity index is 485. The predicted molar refractivity (Wildman–Crippen MR) is 65.1 cm³/mol. The van der Waals surface area contributed by atoms with Gasteiger partial charge in [-0.05, 0) is 25.2 Å². The Morgan fingerprint density at radius 3 is 3.06 bits per heavy atom. The maximum atomic E-state index is 5.85. The van der Waals surface area contributed by atoms with Crippen LogP contribution in [0.25, 0.3) is 0 Å². The van der Waals surface area contributed by atoms with E-state index in [0.717, 1.165) is 5.69 Å². The third kappa shape index (κ3) is 3.47. The smallest absolute Gasteiger partial charge is 0.174 e. The summed E-state index contributed by atoms with van der Waals surface area (Å²) in [6, 6.07) is 9.10. The van der Waals surface area contributed by atoms with Gasteiger partial charge in [-0.15, -0.1) is 0 Å². The molecule has 1 aromatic heterocycles. The van der Waals surface area contributed by atoms with Crippen molar-refractivity contribution in [3.8, 4) is 5.75 Å². The molecule has 90 valence electrons. The number of halogens is 1. The average Bonchev–Trinajstić information content (AvgIpc) is 2.75. The summed E-state index contributed by atoms with van der Waals surface area (Å²) >= 11 is 5.85. The first-order valence-corrected chi connectivity index (χ1v) is 5.63. The zero-order chi connectivity index (χ0) is 12.1. The molecule has 0 saturated carbocycles. The highest BCUT2D eigenvalue weighted by atomic mass is 35.5. The molecule has 0 atom stereocenters. The molecule has 0 spiro atoms. The Morgan fingerprint density at radius 1 is 1.41 bits per heavy atom. The quantitative estimate of drug-likeness (QED) is 0.889. The largest absolute Gasteiger partial charge is 0.485 e. The van der Waals surface area contributed by atoms with E-state index in [0.29, 0.717) is 29.7 Å². The van der Waals surface area contributed by atoms with Gasteiger partial charge in [0, 0.05) is 17.6 Å². The van der Waals surface area contributed by atoms with Gasteiger partial charge < -0.3 is 14.6 Å². The van der Waals surface area contributed by atoms with Crippen LogP contribution in [0, 0.1) is 0 Å². The van der Waals surface area contributed by atoms with E-state index in [1.165, 1.54) is 0 Å². The number of hydrogen-bond donors (Lipinski definition) is 1. The van der Waals surface area contributed by atoms with E-state index in [-0.39, 0.29) is 0 Å². The van der Waals surface area contributed by atoms with Crippen molar-refractivity contribution in [3.05, 3.63) is 46.8 Å². The minimum Gasteiger partial charge on any atom is -0.485 e. The van der Waals surface area contributed by atoms with Gasteiger partial charge in [0.2, 0.25) is 0 Å². The Balaban J connectivity index is 1.93. The van der Waals surface area contributed by atoms with Crippen LogP contribution in [-0.2, 0) is 13.2 Å².